The Morgan fingerprint density at radius 1 is 1.44 bits per heavy atom. The van der Waals surface area contributed by atoms with Gasteiger partial charge >= 0.3 is 0 Å². The van der Waals surface area contributed by atoms with E-state index in [1.54, 1.807) is 0 Å². The summed E-state index contributed by atoms with van der Waals surface area (Å²) in [6.07, 6.45) is 3.76. The van der Waals surface area contributed by atoms with Gasteiger partial charge in [-0.25, -0.2) is 0 Å². The van der Waals surface area contributed by atoms with Crippen molar-refractivity contribution in [1.82, 2.24) is 15.5 Å². The van der Waals surface area contributed by atoms with E-state index in [0.717, 1.165) is 6.54 Å². The lowest BCUT2D eigenvalue weighted by Gasteiger charge is -2.14. The average molecular weight is 215 g/mol. The van der Waals surface area contributed by atoms with Gasteiger partial charge in [-0.05, 0) is 19.4 Å². The predicted octanol–water partition coefficient (Wildman–Crippen LogP) is 2.57. The molecule has 0 saturated heterocycles. The van der Waals surface area contributed by atoms with E-state index in [4.69, 9.17) is 0 Å². The first-order chi connectivity index (χ1) is 7.75. The molecule has 16 heavy (non-hydrogen) atoms. The Labute approximate surface area is 95.9 Å². The van der Waals surface area contributed by atoms with Crippen molar-refractivity contribution >= 4 is 0 Å². The van der Waals surface area contributed by atoms with E-state index < -0.39 is 0 Å². The van der Waals surface area contributed by atoms with E-state index in [1.165, 1.54) is 16.7 Å². The molecule has 3 nitrogen and oxygen atoms in total. The van der Waals surface area contributed by atoms with Gasteiger partial charge in [0.2, 0.25) is 0 Å². The van der Waals surface area contributed by atoms with E-state index in [1.807, 2.05) is 12.4 Å². The first-order valence-electron chi connectivity index (χ1n) is 5.53. The van der Waals surface area contributed by atoms with Crippen molar-refractivity contribution in [3.8, 4) is 0 Å². The standard InChI is InChI=1S/C13H17N3/c1-10-4-3-5-13(6-10)11(2)14-7-12-8-15-16-9-12/h3-6,8-9,11,14H,7H2,1-2H3,(H,15,16). The molecular weight excluding hydrogens is 198 g/mol. The summed E-state index contributed by atoms with van der Waals surface area (Å²) < 4.78 is 0. The van der Waals surface area contributed by atoms with Gasteiger partial charge in [0.15, 0.2) is 0 Å². The lowest BCUT2D eigenvalue weighted by molar-refractivity contribution is 0.574. The molecule has 0 aliphatic heterocycles. The molecule has 0 saturated carbocycles. The van der Waals surface area contributed by atoms with Crippen LogP contribution in [0.25, 0.3) is 0 Å². The second-order valence-corrected chi connectivity index (χ2v) is 4.12. The molecular formula is C13H17N3. The highest BCUT2D eigenvalue weighted by Crippen LogP contribution is 2.14. The Morgan fingerprint density at radius 2 is 2.31 bits per heavy atom. The minimum Gasteiger partial charge on any atom is -0.306 e. The number of benzene rings is 1. The molecule has 0 radical (unpaired) electrons. The molecule has 0 spiro atoms. The van der Waals surface area contributed by atoms with Crippen LogP contribution in [0.1, 0.15) is 29.7 Å². The summed E-state index contributed by atoms with van der Waals surface area (Å²) >= 11 is 0. The molecule has 0 fully saturated rings. The van der Waals surface area contributed by atoms with E-state index >= 15 is 0 Å². The highest BCUT2D eigenvalue weighted by Gasteiger charge is 2.04. The van der Waals surface area contributed by atoms with Gasteiger partial charge in [0.25, 0.3) is 0 Å². The zero-order valence-corrected chi connectivity index (χ0v) is 9.70. The second kappa shape index (κ2) is 4.94. The van der Waals surface area contributed by atoms with Crippen LogP contribution in [0, 0.1) is 6.92 Å². The molecule has 1 atom stereocenters. The van der Waals surface area contributed by atoms with Crippen LogP contribution < -0.4 is 5.32 Å². The maximum absolute atomic E-state index is 3.92. The zero-order valence-electron chi connectivity index (χ0n) is 9.70. The van der Waals surface area contributed by atoms with E-state index in [0.29, 0.717) is 6.04 Å². The quantitative estimate of drug-likeness (QED) is 0.823. The Kier molecular flexibility index (Phi) is 3.37. The van der Waals surface area contributed by atoms with Crippen LogP contribution in [0.2, 0.25) is 0 Å². The maximum Gasteiger partial charge on any atom is 0.0532 e. The molecule has 1 aromatic carbocycles. The van der Waals surface area contributed by atoms with E-state index in [9.17, 15) is 0 Å². The number of hydrogen-bond donors (Lipinski definition) is 2. The topological polar surface area (TPSA) is 40.7 Å². The molecule has 1 heterocycles. The van der Waals surface area contributed by atoms with Crippen LogP contribution in [0.5, 0.6) is 0 Å². The highest BCUT2D eigenvalue weighted by molar-refractivity contribution is 5.24. The molecule has 3 heteroatoms. The molecule has 2 aromatic rings. The Morgan fingerprint density at radius 3 is 3.00 bits per heavy atom. The van der Waals surface area contributed by atoms with Gasteiger partial charge in [0, 0.05) is 24.3 Å². The summed E-state index contributed by atoms with van der Waals surface area (Å²) in [7, 11) is 0. The van der Waals surface area contributed by atoms with Crippen molar-refractivity contribution < 1.29 is 0 Å². The van der Waals surface area contributed by atoms with Crippen molar-refractivity contribution in [1.29, 1.82) is 0 Å². The molecule has 0 aliphatic rings. The van der Waals surface area contributed by atoms with Gasteiger partial charge in [-0.3, -0.25) is 5.10 Å². The molecule has 1 unspecified atom stereocenters. The summed E-state index contributed by atoms with van der Waals surface area (Å²) in [5.41, 5.74) is 3.80. The number of nitrogens with zero attached hydrogens (tertiary/aromatic N) is 1. The molecule has 2 rings (SSSR count). The van der Waals surface area contributed by atoms with Gasteiger partial charge in [-0.15, -0.1) is 0 Å². The fourth-order valence-corrected chi connectivity index (χ4v) is 1.70. The van der Waals surface area contributed by atoms with Crippen LogP contribution in [-0.2, 0) is 6.54 Å². The smallest absolute Gasteiger partial charge is 0.0532 e. The van der Waals surface area contributed by atoms with Crippen LogP contribution in [0.15, 0.2) is 36.7 Å². The van der Waals surface area contributed by atoms with Crippen LogP contribution in [0.3, 0.4) is 0 Å². The molecule has 0 amide bonds. The lowest BCUT2D eigenvalue weighted by atomic mass is 10.1. The van der Waals surface area contributed by atoms with Crippen molar-refractivity contribution in [3.63, 3.8) is 0 Å². The fourth-order valence-electron chi connectivity index (χ4n) is 1.70. The first-order valence-corrected chi connectivity index (χ1v) is 5.53. The predicted molar refractivity (Wildman–Crippen MR) is 65.0 cm³/mol. The number of aromatic nitrogens is 2. The third-order valence-corrected chi connectivity index (χ3v) is 2.71. The summed E-state index contributed by atoms with van der Waals surface area (Å²) in [5.74, 6) is 0. The van der Waals surface area contributed by atoms with Crippen molar-refractivity contribution in [2.24, 2.45) is 0 Å². The minimum atomic E-state index is 0.356. The number of nitrogens with one attached hydrogen (secondary N) is 2. The van der Waals surface area contributed by atoms with Gasteiger partial charge in [0.1, 0.15) is 0 Å². The number of rotatable bonds is 4. The summed E-state index contributed by atoms with van der Waals surface area (Å²) in [6.45, 7) is 5.13. The Bertz CT molecular complexity index is 434. The first kappa shape index (κ1) is 10.9. The molecule has 0 bridgehead atoms. The monoisotopic (exact) mass is 215 g/mol. The highest BCUT2D eigenvalue weighted by atomic mass is 15.1. The SMILES string of the molecule is Cc1cccc(C(C)NCc2cn[nH]c2)c1. The fraction of sp³-hybridized carbons (Fsp3) is 0.308. The summed E-state index contributed by atoms with van der Waals surface area (Å²) in [4.78, 5) is 0. The van der Waals surface area contributed by atoms with E-state index in [2.05, 4.69) is 53.6 Å². The van der Waals surface area contributed by atoms with E-state index in [-0.39, 0.29) is 0 Å². The molecule has 0 aliphatic carbocycles. The third kappa shape index (κ3) is 2.70. The maximum atomic E-state index is 3.92. The molecule has 84 valence electrons. The van der Waals surface area contributed by atoms with Crippen molar-refractivity contribution in [2.75, 3.05) is 0 Å². The van der Waals surface area contributed by atoms with Crippen LogP contribution in [0.4, 0.5) is 0 Å². The Hall–Kier alpha value is -1.61. The lowest BCUT2D eigenvalue weighted by Crippen LogP contribution is -2.17. The summed E-state index contributed by atoms with van der Waals surface area (Å²) in [5, 5.41) is 10.2. The summed E-state index contributed by atoms with van der Waals surface area (Å²) in [6, 6.07) is 8.94. The van der Waals surface area contributed by atoms with Crippen molar-refractivity contribution in [3.05, 3.63) is 53.3 Å². The number of hydrogen-bond acceptors (Lipinski definition) is 2. The van der Waals surface area contributed by atoms with Gasteiger partial charge in [-0.2, -0.15) is 5.10 Å². The normalized spacial score (nSPS) is 12.6. The number of H-pyrrole nitrogens is 1. The average Bonchev–Trinajstić information content (AvgIpc) is 2.78. The third-order valence-electron chi connectivity index (χ3n) is 2.71. The van der Waals surface area contributed by atoms with Crippen LogP contribution >= 0.6 is 0 Å². The van der Waals surface area contributed by atoms with Gasteiger partial charge < -0.3 is 5.32 Å². The zero-order chi connectivity index (χ0) is 11.4. The molecule has 2 N–H and O–H groups in total. The second-order valence-electron chi connectivity index (χ2n) is 4.12. The number of aryl methyl sites for hydroxylation is 1. The van der Waals surface area contributed by atoms with Gasteiger partial charge in [-0.1, -0.05) is 29.8 Å². The van der Waals surface area contributed by atoms with Crippen molar-refractivity contribution in [2.45, 2.75) is 26.4 Å². The largest absolute Gasteiger partial charge is 0.306 e. The van der Waals surface area contributed by atoms with Crippen LogP contribution in [-0.4, -0.2) is 10.2 Å². The van der Waals surface area contributed by atoms with Gasteiger partial charge in [0.05, 0.1) is 6.20 Å². The molecule has 1 aromatic heterocycles. The Balaban J connectivity index is 1.95. The number of aromatic amines is 1. The minimum absolute atomic E-state index is 0.356.